The maximum atomic E-state index is 4.97. The van der Waals surface area contributed by atoms with Gasteiger partial charge in [0, 0.05) is 30.8 Å². The zero-order valence-corrected chi connectivity index (χ0v) is 14.6. The molecule has 124 valence electrons. The number of H-pyrrole nitrogens is 1. The highest BCUT2D eigenvalue weighted by atomic mass is 15.1. The van der Waals surface area contributed by atoms with Gasteiger partial charge in [-0.1, -0.05) is 32.1 Å². The number of nitrogens with one attached hydrogen (secondary N) is 1. The van der Waals surface area contributed by atoms with Crippen molar-refractivity contribution < 1.29 is 0 Å². The Morgan fingerprint density at radius 2 is 2.04 bits per heavy atom. The molecule has 0 radical (unpaired) electrons. The van der Waals surface area contributed by atoms with Gasteiger partial charge in [-0.2, -0.15) is 0 Å². The minimum Gasteiger partial charge on any atom is -0.372 e. The molecule has 3 heteroatoms. The topological polar surface area (TPSA) is 31.9 Å². The van der Waals surface area contributed by atoms with Gasteiger partial charge in [0.2, 0.25) is 0 Å². The predicted molar refractivity (Wildman–Crippen MR) is 97.2 cm³/mol. The van der Waals surface area contributed by atoms with Gasteiger partial charge in [-0.05, 0) is 44.2 Å². The number of hydrogen-bond acceptors (Lipinski definition) is 2. The van der Waals surface area contributed by atoms with Crippen molar-refractivity contribution in [1.29, 1.82) is 0 Å². The summed E-state index contributed by atoms with van der Waals surface area (Å²) >= 11 is 0. The van der Waals surface area contributed by atoms with Crippen LogP contribution in [0.5, 0.6) is 0 Å². The lowest BCUT2D eigenvalue weighted by Crippen LogP contribution is -2.33. The van der Waals surface area contributed by atoms with E-state index in [1.807, 2.05) is 0 Å². The molecular weight excluding hydrogens is 282 g/mol. The normalized spacial score (nSPS) is 22.0. The lowest BCUT2D eigenvalue weighted by atomic mass is 9.96. The number of anilines is 1. The highest BCUT2D eigenvalue weighted by Gasteiger charge is 2.23. The Kier molecular flexibility index (Phi) is 4.04. The van der Waals surface area contributed by atoms with E-state index in [1.165, 1.54) is 73.1 Å². The van der Waals surface area contributed by atoms with Crippen LogP contribution in [0.4, 0.5) is 5.69 Å². The first-order chi connectivity index (χ1) is 11.2. The molecule has 3 nitrogen and oxygen atoms in total. The summed E-state index contributed by atoms with van der Waals surface area (Å²) in [5.74, 6) is 2.18. The molecule has 1 aliphatic heterocycles. The minimum absolute atomic E-state index is 0.629. The Morgan fingerprint density at radius 1 is 1.22 bits per heavy atom. The molecule has 0 spiro atoms. The molecule has 1 saturated carbocycles. The Labute approximate surface area is 139 Å². The van der Waals surface area contributed by atoms with Crippen molar-refractivity contribution in [3.05, 3.63) is 23.5 Å². The van der Waals surface area contributed by atoms with Gasteiger partial charge in [0.25, 0.3) is 0 Å². The molecule has 1 aromatic carbocycles. The average Bonchev–Trinajstić information content (AvgIpc) is 3.20. The summed E-state index contributed by atoms with van der Waals surface area (Å²) in [4.78, 5) is 10.9. The van der Waals surface area contributed by atoms with Crippen LogP contribution in [0.15, 0.2) is 12.1 Å². The fourth-order valence-electron chi connectivity index (χ4n) is 4.51. The smallest absolute Gasteiger partial charge is 0.107 e. The number of benzene rings is 1. The summed E-state index contributed by atoms with van der Waals surface area (Å²) in [7, 11) is 2.21. The fourth-order valence-corrected chi connectivity index (χ4v) is 4.51. The van der Waals surface area contributed by atoms with Gasteiger partial charge in [-0.15, -0.1) is 0 Å². The summed E-state index contributed by atoms with van der Waals surface area (Å²) in [5, 5.41) is 0. The summed E-state index contributed by atoms with van der Waals surface area (Å²) in [6, 6.07) is 5.12. The highest BCUT2D eigenvalue weighted by Crippen LogP contribution is 2.34. The van der Waals surface area contributed by atoms with E-state index in [0.29, 0.717) is 6.04 Å². The first-order valence-corrected chi connectivity index (χ1v) is 9.45. The fraction of sp³-hybridized carbons (Fsp3) is 0.650. The third kappa shape index (κ3) is 2.86. The predicted octanol–water partition coefficient (Wildman–Crippen LogP) is 4.85. The average molecular weight is 311 g/mol. The lowest BCUT2D eigenvalue weighted by Gasteiger charge is -2.33. The van der Waals surface area contributed by atoms with Gasteiger partial charge in [0.1, 0.15) is 5.82 Å². The summed E-state index contributed by atoms with van der Waals surface area (Å²) in [6.45, 7) is 2.31. The largest absolute Gasteiger partial charge is 0.372 e. The molecule has 1 unspecified atom stereocenters. The first-order valence-electron chi connectivity index (χ1n) is 9.45. The van der Waals surface area contributed by atoms with Gasteiger partial charge in [-0.25, -0.2) is 4.98 Å². The van der Waals surface area contributed by atoms with Crippen molar-refractivity contribution in [2.75, 3.05) is 11.9 Å². The number of aryl methyl sites for hydroxylation is 2. The second-order valence-corrected chi connectivity index (χ2v) is 7.68. The number of rotatable bonds is 4. The molecule has 2 heterocycles. The van der Waals surface area contributed by atoms with Crippen LogP contribution in [0.3, 0.4) is 0 Å². The van der Waals surface area contributed by atoms with Crippen LogP contribution < -0.4 is 4.90 Å². The van der Waals surface area contributed by atoms with Gasteiger partial charge < -0.3 is 9.88 Å². The van der Waals surface area contributed by atoms with Crippen molar-refractivity contribution in [2.24, 2.45) is 5.92 Å². The quantitative estimate of drug-likeness (QED) is 0.875. The highest BCUT2D eigenvalue weighted by molar-refractivity contribution is 5.85. The van der Waals surface area contributed by atoms with E-state index >= 15 is 0 Å². The van der Waals surface area contributed by atoms with Crippen LogP contribution in [0.1, 0.15) is 63.3 Å². The van der Waals surface area contributed by atoms with Crippen LogP contribution in [0.25, 0.3) is 11.0 Å². The van der Waals surface area contributed by atoms with Crippen LogP contribution >= 0.6 is 0 Å². The van der Waals surface area contributed by atoms with Crippen molar-refractivity contribution in [3.8, 4) is 0 Å². The van der Waals surface area contributed by atoms with Gasteiger partial charge in [0.05, 0.1) is 11.0 Å². The monoisotopic (exact) mass is 311 g/mol. The number of imidazole rings is 1. The molecule has 1 atom stereocenters. The second-order valence-electron chi connectivity index (χ2n) is 7.68. The van der Waals surface area contributed by atoms with Crippen molar-refractivity contribution in [2.45, 2.75) is 70.8 Å². The van der Waals surface area contributed by atoms with Crippen LogP contribution in [0.2, 0.25) is 0 Å². The molecule has 2 aliphatic rings. The Balaban J connectivity index is 1.51. The molecule has 0 amide bonds. The number of aromatic amines is 1. The summed E-state index contributed by atoms with van der Waals surface area (Å²) in [5.41, 5.74) is 5.27. The van der Waals surface area contributed by atoms with Crippen molar-refractivity contribution in [3.63, 3.8) is 0 Å². The van der Waals surface area contributed by atoms with E-state index in [1.54, 1.807) is 0 Å². The first kappa shape index (κ1) is 15.0. The molecule has 1 fully saturated rings. The third-order valence-corrected chi connectivity index (χ3v) is 6.14. The molecule has 1 aliphatic carbocycles. The number of aromatic nitrogens is 2. The standard InChI is InChI=1S/C20H29N3/c1-14-10-11-16-18(23(14)2)13-12-17-20(16)22-19(21-17)9-5-8-15-6-3-4-7-15/h12-15H,3-11H2,1-2H3,(H,21,22). The molecule has 1 aromatic heterocycles. The molecule has 2 aromatic rings. The molecule has 0 saturated heterocycles. The molecule has 1 N–H and O–H groups in total. The van der Waals surface area contributed by atoms with E-state index in [0.717, 1.165) is 18.8 Å². The molecular formula is C20H29N3. The Bertz CT molecular complexity index is 681. The second kappa shape index (κ2) is 6.18. The minimum atomic E-state index is 0.629. The Morgan fingerprint density at radius 3 is 2.87 bits per heavy atom. The van der Waals surface area contributed by atoms with Crippen LogP contribution in [-0.4, -0.2) is 23.1 Å². The maximum absolute atomic E-state index is 4.97. The molecule has 23 heavy (non-hydrogen) atoms. The van der Waals surface area contributed by atoms with Crippen molar-refractivity contribution >= 4 is 16.7 Å². The zero-order valence-electron chi connectivity index (χ0n) is 14.6. The van der Waals surface area contributed by atoms with Gasteiger partial charge >= 0.3 is 0 Å². The van der Waals surface area contributed by atoms with Gasteiger partial charge in [-0.3, -0.25) is 0 Å². The lowest BCUT2D eigenvalue weighted by molar-refractivity contribution is 0.481. The summed E-state index contributed by atoms with van der Waals surface area (Å²) in [6.07, 6.45) is 12.0. The maximum Gasteiger partial charge on any atom is 0.107 e. The Hall–Kier alpha value is -1.51. The van der Waals surface area contributed by atoms with Crippen LogP contribution in [0, 0.1) is 5.92 Å². The van der Waals surface area contributed by atoms with E-state index in [2.05, 4.69) is 36.0 Å². The zero-order chi connectivity index (χ0) is 15.8. The number of nitrogens with zero attached hydrogens (tertiary/aromatic N) is 2. The number of hydrogen-bond donors (Lipinski definition) is 1. The third-order valence-electron chi connectivity index (χ3n) is 6.14. The SMILES string of the molecule is CC1CCc2c(ccc3[nH]c(CCCC4CCCC4)nc23)N1C. The van der Waals surface area contributed by atoms with Crippen molar-refractivity contribution in [1.82, 2.24) is 9.97 Å². The van der Waals surface area contributed by atoms with E-state index in [9.17, 15) is 0 Å². The molecule has 0 bridgehead atoms. The number of fused-ring (bicyclic) bond motifs is 3. The molecule has 4 rings (SSSR count). The van der Waals surface area contributed by atoms with E-state index in [4.69, 9.17) is 4.98 Å². The summed E-state index contributed by atoms with van der Waals surface area (Å²) < 4.78 is 0. The van der Waals surface area contributed by atoms with Gasteiger partial charge in [0.15, 0.2) is 0 Å². The van der Waals surface area contributed by atoms with Crippen LogP contribution in [-0.2, 0) is 12.8 Å². The van der Waals surface area contributed by atoms with E-state index in [-0.39, 0.29) is 0 Å². The van der Waals surface area contributed by atoms with E-state index < -0.39 is 0 Å².